The third-order valence-corrected chi connectivity index (χ3v) is 3.52. The molecule has 5 nitrogen and oxygen atoms in total. The second-order valence-corrected chi connectivity index (χ2v) is 5.26. The van der Waals surface area contributed by atoms with Crippen LogP contribution in [0.5, 0.6) is 0 Å². The van der Waals surface area contributed by atoms with Crippen molar-refractivity contribution in [2.24, 2.45) is 5.73 Å². The minimum atomic E-state index is -0.355. The van der Waals surface area contributed by atoms with Crippen molar-refractivity contribution >= 4 is 22.7 Å². The van der Waals surface area contributed by atoms with Gasteiger partial charge in [0.2, 0.25) is 5.91 Å². The number of benzene rings is 2. The predicted molar refractivity (Wildman–Crippen MR) is 87.3 cm³/mol. The molecule has 1 atom stereocenters. The maximum atomic E-state index is 11.9. The molecule has 0 heterocycles. The molecule has 1 unspecified atom stereocenters. The van der Waals surface area contributed by atoms with Crippen molar-refractivity contribution in [2.75, 3.05) is 6.54 Å². The number of hydrogen-bond donors (Lipinski definition) is 3. The van der Waals surface area contributed by atoms with Crippen molar-refractivity contribution in [3.63, 3.8) is 0 Å². The van der Waals surface area contributed by atoms with Crippen LogP contribution in [0.1, 0.15) is 31.4 Å². The summed E-state index contributed by atoms with van der Waals surface area (Å²) in [5, 5.41) is 7.92. The molecule has 2 aromatic carbocycles. The maximum absolute atomic E-state index is 11.9. The van der Waals surface area contributed by atoms with E-state index in [4.69, 9.17) is 5.73 Å². The van der Waals surface area contributed by atoms with Crippen molar-refractivity contribution < 1.29 is 9.59 Å². The van der Waals surface area contributed by atoms with Gasteiger partial charge in [0.25, 0.3) is 0 Å². The Morgan fingerprint density at radius 1 is 1.14 bits per heavy atom. The van der Waals surface area contributed by atoms with Gasteiger partial charge in [-0.15, -0.1) is 0 Å². The number of nitrogens with two attached hydrogens (primary N) is 1. The Labute approximate surface area is 129 Å². The number of rotatable bonds is 6. The summed E-state index contributed by atoms with van der Waals surface area (Å²) in [6.07, 6.45) is 0.824. The number of fused-ring (bicyclic) bond motifs is 1. The minimum Gasteiger partial charge on any atom is -0.370 e. The van der Waals surface area contributed by atoms with E-state index in [0.29, 0.717) is 13.0 Å². The number of urea groups is 1. The molecule has 0 spiro atoms. The second-order valence-electron chi connectivity index (χ2n) is 5.26. The number of nitrogens with one attached hydrogen (secondary N) is 2. The quantitative estimate of drug-likeness (QED) is 0.716. The third-order valence-electron chi connectivity index (χ3n) is 3.52. The van der Waals surface area contributed by atoms with Crippen LogP contribution in [0.2, 0.25) is 0 Å². The fourth-order valence-corrected chi connectivity index (χ4v) is 2.42. The van der Waals surface area contributed by atoms with Crippen molar-refractivity contribution in [2.45, 2.75) is 25.8 Å². The fourth-order valence-electron chi connectivity index (χ4n) is 2.42. The lowest BCUT2D eigenvalue weighted by atomic mass is 10.00. The molecule has 0 aromatic heterocycles. The highest BCUT2D eigenvalue weighted by Crippen LogP contribution is 2.23. The van der Waals surface area contributed by atoms with Crippen molar-refractivity contribution in [1.29, 1.82) is 0 Å². The molecule has 0 aliphatic carbocycles. The Bertz CT molecular complexity index is 665. The first-order valence-electron chi connectivity index (χ1n) is 7.38. The van der Waals surface area contributed by atoms with E-state index in [2.05, 4.69) is 22.8 Å². The van der Waals surface area contributed by atoms with E-state index in [0.717, 1.165) is 16.3 Å². The van der Waals surface area contributed by atoms with Crippen LogP contribution in [0, 0.1) is 0 Å². The SMILES string of the molecule is CC(NC(=O)NCCCC(N)=O)c1cccc2ccccc12. The van der Waals surface area contributed by atoms with Gasteiger partial charge in [-0.3, -0.25) is 4.79 Å². The van der Waals surface area contributed by atoms with Crippen molar-refractivity contribution in [3.8, 4) is 0 Å². The molecule has 0 radical (unpaired) electrons. The number of carbonyl (C=O) groups is 2. The maximum Gasteiger partial charge on any atom is 0.315 e. The van der Waals surface area contributed by atoms with Gasteiger partial charge in [-0.25, -0.2) is 4.79 Å². The monoisotopic (exact) mass is 299 g/mol. The van der Waals surface area contributed by atoms with Gasteiger partial charge in [0.05, 0.1) is 6.04 Å². The molecular weight excluding hydrogens is 278 g/mol. The van der Waals surface area contributed by atoms with Crippen LogP contribution in [0.25, 0.3) is 10.8 Å². The smallest absolute Gasteiger partial charge is 0.315 e. The number of carbonyl (C=O) groups excluding carboxylic acids is 2. The van der Waals surface area contributed by atoms with Crippen LogP contribution in [-0.2, 0) is 4.79 Å². The topological polar surface area (TPSA) is 84.2 Å². The molecule has 2 rings (SSSR count). The highest BCUT2D eigenvalue weighted by Gasteiger charge is 2.11. The zero-order valence-electron chi connectivity index (χ0n) is 12.6. The van der Waals surface area contributed by atoms with Crippen LogP contribution >= 0.6 is 0 Å². The third kappa shape index (κ3) is 4.22. The summed E-state index contributed by atoms with van der Waals surface area (Å²) in [6, 6.07) is 13.8. The predicted octanol–water partition coefficient (Wildman–Crippen LogP) is 2.47. The molecule has 0 aliphatic heterocycles. The van der Waals surface area contributed by atoms with Gasteiger partial charge in [-0.1, -0.05) is 42.5 Å². The first-order chi connectivity index (χ1) is 10.6. The normalized spacial score (nSPS) is 11.9. The summed E-state index contributed by atoms with van der Waals surface area (Å²) in [5.41, 5.74) is 6.13. The van der Waals surface area contributed by atoms with Gasteiger partial charge in [0, 0.05) is 13.0 Å². The highest BCUT2D eigenvalue weighted by atomic mass is 16.2. The van der Waals surface area contributed by atoms with E-state index < -0.39 is 0 Å². The molecular formula is C17H21N3O2. The Morgan fingerprint density at radius 2 is 1.86 bits per heavy atom. The lowest BCUT2D eigenvalue weighted by Gasteiger charge is -2.17. The molecule has 0 saturated heterocycles. The molecule has 5 heteroatoms. The van der Waals surface area contributed by atoms with E-state index in [-0.39, 0.29) is 24.4 Å². The van der Waals surface area contributed by atoms with E-state index >= 15 is 0 Å². The highest BCUT2D eigenvalue weighted by molar-refractivity contribution is 5.86. The van der Waals surface area contributed by atoms with Gasteiger partial charge in [0.1, 0.15) is 0 Å². The van der Waals surface area contributed by atoms with E-state index in [9.17, 15) is 9.59 Å². The fraction of sp³-hybridized carbons (Fsp3) is 0.294. The molecule has 4 N–H and O–H groups in total. The number of hydrogen-bond acceptors (Lipinski definition) is 2. The summed E-state index contributed by atoms with van der Waals surface area (Å²) >= 11 is 0. The largest absolute Gasteiger partial charge is 0.370 e. The Balaban J connectivity index is 1.95. The molecule has 116 valence electrons. The number of primary amides is 1. The van der Waals surface area contributed by atoms with Crippen LogP contribution < -0.4 is 16.4 Å². The summed E-state index contributed by atoms with van der Waals surface area (Å²) < 4.78 is 0. The molecule has 3 amide bonds. The zero-order chi connectivity index (χ0) is 15.9. The summed E-state index contributed by atoms with van der Waals surface area (Å²) in [4.78, 5) is 22.5. The molecule has 0 fully saturated rings. The zero-order valence-corrected chi connectivity index (χ0v) is 12.6. The average Bonchev–Trinajstić information content (AvgIpc) is 2.50. The Hall–Kier alpha value is -2.56. The first-order valence-corrected chi connectivity index (χ1v) is 7.38. The lowest BCUT2D eigenvalue weighted by Crippen LogP contribution is -2.37. The summed E-state index contributed by atoms with van der Waals surface area (Å²) in [6.45, 7) is 2.38. The molecule has 22 heavy (non-hydrogen) atoms. The van der Waals surface area contributed by atoms with Crippen molar-refractivity contribution in [1.82, 2.24) is 10.6 Å². The Kier molecular flexibility index (Phi) is 5.36. The summed E-state index contributed by atoms with van der Waals surface area (Å²) in [5.74, 6) is -0.355. The molecule has 0 saturated carbocycles. The summed E-state index contributed by atoms with van der Waals surface area (Å²) in [7, 11) is 0. The van der Waals surface area contributed by atoms with Gasteiger partial charge in [-0.2, -0.15) is 0 Å². The van der Waals surface area contributed by atoms with Gasteiger partial charge in [0.15, 0.2) is 0 Å². The minimum absolute atomic E-state index is 0.109. The Morgan fingerprint density at radius 3 is 2.64 bits per heavy atom. The van der Waals surface area contributed by atoms with E-state index in [1.807, 2.05) is 37.3 Å². The van der Waals surface area contributed by atoms with Crippen LogP contribution in [0.3, 0.4) is 0 Å². The van der Waals surface area contributed by atoms with E-state index in [1.54, 1.807) is 0 Å². The van der Waals surface area contributed by atoms with Gasteiger partial charge in [-0.05, 0) is 29.7 Å². The van der Waals surface area contributed by atoms with Gasteiger partial charge >= 0.3 is 6.03 Å². The second kappa shape index (κ2) is 7.45. The van der Waals surface area contributed by atoms with Crippen LogP contribution in [0.15, 0.2) is 42.5 Å². The van der Waals surface area contributed by atoms with Crippen LogP contribution in [0.4, 0.5) is 4.79 Å². The van der Waals surface area contributed by atoms with E-state index in [1.165, 1.54) is 0 Å². The van der Waals surface area contributed by atoms with Crippen molar-refractivity contribution in [3.05, 3.63) is 48.0 Å². The van der Waals surface area contributed by atoms with Gasteiger partial charge < -0.3 is 16.4 Å². The van der Waals surface area contributed by atoms with Crippen LogP contribution in [-0.4, -0.2) is 18.5 Å². The number of amides is 3. The first kappa shape index (κ1) is 15.8. The standard InChI is InChI=1S/C17H21N3O2/c1-12(20-17(22)19-11-5-10-16(18)21)14-9-4-7-13-6-2-3-8-15(13)14/h2-4,6-9,12H,5,10-11H2,1H3,(H2,18,21)(H2,19,20,22). The molecule has 0 bridgehead atoms. The molecule has 2 aromatic rings. The molecule has 0 aliphatic rings. The lowest BCUT2D eigenvalue weighted by molar-refractivity contribution is -0.118. The average molecular weight is 299 g/mol.